The van der Waals surface area contributed by atoms with Crippen LogP contribution in [0.3, 0.4) is 0 Å². The molecule has 2 heterocycles. The maximum atomic E-state index is 13.2. The monoisotopic (exact) mass is 410 g/mol. The number of phenols is 1. The lowest BCUT2D eigenvalue weighted by molar-refractivity contribution is -0.124. The number of nitrogens with one attached hydrogen (secondary N) is 1. The molecule has 8 heteroatoms. The zero-order chi connectivity index (χ0) is 20.8. The number of nitrogens with zero attached hydrogens (tertiary/aromatic N) is 1. The summed E-state index contributed by atoms with van der Waals surface area (Å²) < 4.78 is 5.94. The molecule has 4 rings (SSSR count). The van der Waals surface area contributed by atoms with E-state index in [1.807, 2.05) is 38.1 Å². The second-order valence-corrected chi connectivity index (χ2v) is 8.17. The van der Waals surface area contributed by atoms with Crippen molar-refractivity contribution >= 4 is 28.3 Å². The number of carbonyl (C=O) groups excluding carboxylic acids is 1. The number of carbonyl (C=O) groups is 2. The van der Waals surface area contributed by atoms with Gasteiger partial charge >= 0.3 is 5.97 Å². The number of carboxylic acids is 1. The molecule has 1 aliphatic heterocycles. The summed E-state index contributed by atoms with van der Waals surface area (Å²) in [4.78, 5) is 28.2. The van der Waals surface area contributed by atoms with E-state index in [9.17, 15) is 14.7 Å². The summed E-state index contributed by atoms with van der Waals surface area (Å²) in [6, 6.07) is 12.3. The topological polar surface area (TPSA) is 109 Å². The maximum Gasteiger partial charge on any atom is 0.355 e. The molecular formula is C21H18N2O5S. The molecule has 1 atom stereocenters. The van der Waals surface area contributed by atoms with Gasteiger partial charge in [-0.3, -0.25) is 4.79 Å². The summed E-state index contributed by atoms with van der Waals surface area (Å²) in [5.41, 5.74) is 0.601. The lowest BCUT2D eigenvalue weighted by Crippen LogP contribution is -2.38. The average molecular weight is 410 g/mol. The number of carboxylic acid groups (broad SMARTS) is 1. The van der Waals surface area contributed by atoms with Crippen LogP contribution in [0, 0.1) is 5.41 Å². The molecule has 0 fully saturated rings. The summed E-state index contributed by atoms with van der Waals surface area (Å²) in [5, 5.41) is 23.2. The van der Waals surface area contributed by atoms with Gasteiger partial charge in [-0.1, -0.05) is 38.1 Å². The number of para-hydroxylation sites is 1. The van der Waals surface area contributed by atoms with E-state index in [0.717, 1.165) is 22.5 Å². The van der Waals surface area contributed by atoms with Gasteiger partial charge in [0.1, 0.15) is 17.2 Å². The van der Waals surface area contributed by atoms with E-state index in [1.54, 1.807) is 12.1 Å². The Kier molecular flexibility index (Phi) is 4.50. The van der Waals surface area contributed by atoms with Crippen LogP contribution in [-0.4, -0.2) is 27.1 Å². The second kappa shape index (κ2) is 6.89. The Balaban J connectivity index is 1.73. The maximum absolute atomic E-state index is 13.2. The standard InChI is InChI=1S/C21H18N2O5S/c1-21(2,19(27)23-20-22-14(10-29-20)18(25)26)17-12-5-3-4-6-15(12)28-16-9-11(24)7-8-13(16)17/h3-10,17,24H,1-2H3,(H,25,26)(H,22,23,27). The molecule has 0 saturated heterocycles. The van der Waals surface area contributed by atoms with Crippen LogP contribution in [0.1, 0.15) is 41.4 Å². The minimum atomic E-state index is -1.15. The molecule has 3 aromatic rings. The van der Waals surface area contributed by atoms with Crippen molar-refractivity contribution < 1.29 is 24.5 Å². The summed E-state index contributed by atoms with van der Waals surface area (Å²) in [6.07, 6.45) is 0. The van der Waals surface area contributed by atoms with Crippen LogP contribution in [0.25, 0.3) is 0 Å². The minimum absolute atomic E-state index is 0.0770. The second-order valence-electron chi connectivity index (χ2n) is 7.31. The van der Waals surface area contributed by atoms with Crippen molar-refractivity contribution in [1.29, 1.82) is 0 Å². The van der Waals surface area contributed by atoms with Crippen molar-refractivity contribution in [1.82, 2.24) is 4.98 Å². The number of aromatic hydroxyl groups is 1. The number of anilines is 1. The number of fused-ring (bicyclic) bond motifs is 2. The highest BCUT2D eigenvalue weighted by molar-refractivity contribution is 7.14. The van der Waals surface area contributed by atoms with E-state index in [4.69, 9.17) is 9.84 Å². The Labute approximate surface area is 170 Å². The molecule has 7 nitrogen and oxygen atoms in total. The van der Waals surface area contributed by atoms with Crippen LogP contribution < -0.4 is 10.1 Å². The van der Waals surface area contributed by atoms with Gasteiger partial charge in [0.15, 0.2) is 10.8 Å². The highest BCUT2D eigenvalue weighted by atomic mass is 32.1. The van der Waals surface area contributed by atoms with Crippen molar-refractivity contribution in [2.24, 2.45) is 5.41 Å². The molecule has 29 heavy (non-hydrogen) atoms. The number of ether oxygens (including phenoxy) is 1. The van der Waals surface area contributed by atoms with Crippen LogP contribution in [-0.2, 0) is 4.79 Å². The number of rotatable bonds is 4. The SMILES string of the molecule is CC(C)(C(=O)Nc1nc(C(=O)O)cs1)C1c2ccccc2Oc2cc(O)ccc21. The molecule has 0 saturated carbocycles. The van der Waals surface area contributed by atoms with E-state index in [0.29, 0.717) is 11.5 Å². The molecule has 148 valence electrons. The molecule has 3 N–H and O–H groups in total. The van der Waals surface area contributed by atoms with Crippen molar-refractivity contribution in [3.63, 3.8) is 0 Å². The highest BCUT2D eigenvalue weighted by Crippen LogP contribution is 2.52. The molecule has 0 aliphatic carbocycles. The smallest absolute Gasteiger partial charge is 0.355 e. The predicted octanol–water partition coefficient (Wildman–Crippen LogP) is 4.45. The number of aromatic carboxylic acids is 1. The fourth-order valence-electron chi connectivity index (χ4n) is 3.54. The van der Waals surface area contributed by atoms with Crippen LogP contribution in [0.4, 0.5) is 5.13 Å². The summed E-state index contributed by atoms with van der Waals surface area (Å²) >= 11 is 1.06. The van der Waals surface area contributed by atoms with Crippen molar-refractivity contribution in [3.05, 3.63) is 64.7 Å². The van der Waals surface area contributed by atoms with Crippen LogP contribution in [0.5, 0.6) is 17.2 Å². The Hall–Kier alpha value is -3.39. The van der Waals surface area contributed by atoms with Gasteiger partial charge in [-0.25, -0.2) is 9.78 Å². The highest BCUT2D eigenvalue weighted by Gasteiger charge is 2.43. The van der Waals surface area contributed by atoms with Gasteiger partial charge in [0.2, 0.25) is 5.91 Å². The van der Waals surface area contributed by atoms with Crippen LogP contribution >= 0.6 is 11.3 Å². The largest absolute Gasteiger partial charge is 0.508 e. The molecule has 1 unspecified atom stereocenters. The molecular weight excluding hydrogens is 392 g/mol. The number of benzene rings is 2. The van der Waals surface area contributed by atoms with Crippen molar-refractivity contribution in [2.75, 3.05) is 5.32 Å². The van der Waals surface area contributed by atoms with E-state index in [2.05, 4.69) is 10.3 Å². The third-order valence-electron chi connectivity index (χ3n) is 5.01. The van der Waals surface area contributed by atoms with Gasteiger partial charge in [-0.2, -0.15) is 0 Å². The normalized spacial score (nSPS) is 15.0. The lowest BCUT2D eigenvalue weighted by atomic mass is 9.69. The summed E-state index contributed by atoms with van der Waals surface area (Å²) in [6.45, 7) is 3.63. The average Bonchev–Trinajstić information content (AvgIpc) is 3.14. The third-order valence-corrected chi connectivity index (χ3v) is 5.77. The zero-order valence-corrected chi connectivity index (χ0v) is 16.5. The Bertz CT molecular complexity index is 1120. The van der Waals surface area contributed by atoms with E-state index in [1.165, 1.54) is 11.4 Å². The molecule has 0 spiro atoms. The Morgan fingerprint density at radius 1 is 1.14 bits per heavy atom. The van der Waals surface area contributed by atoms with Gasteiger partial charge in [0.05, 0.1) is 5.41 Å². The van der Waals surface area contributed by atoms with E-state index < -0.39 is 11.4 Å². The molecule has 0 radical (unpaired) electrons. The van der Waals surface area contributed by atoms with Crippen molar-refractivity contribution in [2.45, 2.75) is 19.8 Å². The van der Waals surface area contributed by atoms with Crippen LogP contribution in [0.2, 0.25) is 0 Å². The van der Waals surface area contributed by atoms with Gasteiger partial charge in [0, 0.05) is 28.5 Å². The first-order chi connectivity index (χ1) is 13.8. The molecule has 1 aliphatic rings. The quantitative estimate of drug-likeness (QED) is 0.586. The first kappa shape index (κ1) is 18.9. The Morgan fingerprint density at radius 3 is 2.59 bits per heavy atom. The molecule has 1 amide bonds. The number of aromatic nitrogens is 1. The van der Waals surface area contributed by atoms with Gasteiger partial charge < -0.3 is 20.3 Å². The number of hydrogen-bond acceptors (Lipinski definition) is 6. The lowest BCUT2D eigenvalue weighted by Gasteiger charge is -2.38. The molecule has 2 aromatic carbocycles. The number of phenolic OH excluding ortho intramolecular Hbond substituents is 1. The fraction of sp³-hybridized carbons (Fsp3) is 0.190. The minimum Gasteiger partial charge on any atom is -0.508 e. The van der Waals surface area contributed by atoms with Crippen LogP contribution in [0.15, 0.2) is 47.8 Å². The number of amides is 1. The molecule has 0 bridgehead atoms. The Morgan fingerprint density at radius 2 is 1.86 bits per heavy atom. The summed E-state index contributed by atoms with van der Waals surface area (Å²) in [7, 11) is 0. The number of hydrogen-bond donors (Lipinski definition) is 3. The van der Waals surface area contributed by atoms with Crippen molar-refractivity contribution in [3.8, 4) is 17.2 Å². The zero-order valence-electron chi connectivity index (χ0n) is 15.7. The third kappa shape index (κ3) is 3.31. The first-order valence-electron chi connectivity index (χ1n) is 8.87. The molecule has 1 aromatic heterocycles. The van der Waals surface area contributed by atoms with Gasteiger partial charge in [0.25, 0.3) is 0 Å². The van der Waals surface area contributed by atoms with E-state index >= 15 is 0 Å². The van der Waals surface area contributed by atoms with Gasteiger partial charge in [-0.05, 0) is 12.1 Å². The van der Waals surface area contributed by atoms with Gasteiger partial charge in [-0.15, -0.1) is 11.3 Å². The predicted molar refractivity (Wildman–Crippen MR) is 108 cm³/mol. The van der Waals surface area contributed by atoms with E-state index in [-0.39, 0.29) is 28.4 Å². The first-order valence-corrected chi connectivity index (χ1v) is 9.75. The fourth-order valence-corrected chi connectivity index (χ4v) is 4.22. The summed E-state index contributed by atoms with van der Waals surface area (Å²) in [5.74, 6) is -0.594. The number of thiazole rings is 1.